The molecule has 0 aliphatic rings. The summed E-state index contributed by atoms with van der Waals surface area (Å²) >= 11 is 12.0. The molecule has 0 aromatic carbocycles. The third kappa shape index (κ3) is 32.0. The van der Waals surface area contributed by atoms with Crippen molar-refractivity contribution in [2.24, 2.45) is 5.14 Å². The Morgan fingerprint density at radius 2 is 1.11 bits per heavy atom. The summed E-state index contributed by atoms with van der Waals surface area (Å²) in [5.74, 6) is 0. The van der Waals surface area contributed by atoms with E-state index in [1.54, 1.807) is 35.5 Å². The highest BCUT2D eigenvalue weighted by Crippen LogP contribution is 3.19. The molecule has 0 amide bonds. The van der Waals surface area contributed by atoms with Crippen LogP contribution in [0.25, 0.3) is 0 Å². The highest BCUT2D eigenvalue weighted by Gasteiger charge is 2.31. The first-order chi connectivity index (χ1) is 12.2. The van der Waals surface area contributed by atoms with Crippen molar-refractivity contribution in [2.75, 3.05) is 6.26 Å². The monoisotopic (exact) mass is 894 g/mol. The molecule has 26 heteroatoms. The van der Waals surface area contributed by atoms with Crippen LogP contribution in [0.5, 0.6) is 0 Å². The highest BCUT2D eigenvalue weighted by molar-refractivity contribution is 14.2. The molecular weight excluding hydrogens is 876 g/mol. The molecule has 0 aliphatic carbocycles. The van der Waals surface area contributed by atoms with Crippen LogP contribution in [-0.4, -0.2) is 14.7 Å². The van der Waals surface area contributed by atoms with Crippen molar-refractivity contribution in [2.45, 2.75) is 0 Å². The fourth-order valence-electron chi connectivity index (χ4n) is 0.502. The van der Waals surface area contributed by atoms with Crippen LogP contribution in [-0.2, 0) is 85.7 Å². The molecule has 0 fully saturated rings. The summed E-state index contributed by atoms with van der Waals surface area (Å²) in [4.78, 5) is 0.200. The molecular formula is CH19INO2P13S9. The summed E-state index contributed by atoms with van der Waals surface area (Å²) in [5, 5.41) is 4.33. The second-order valence-electron chi connectivity index (χ2n) is 3.21. The number of primary sulfonamides is 1. The van der Waals surface area contributed by atoms with E-state index in [1.165, 1.54) is 17.8 Å². The first kappa shape index (κ1) is 39.5. The molecule has 0 radical (unpaired) electrons. The lowest BCUT2D eigenvalue weighted by molar-refractivity contribution is 0.603. The minimum Gasteiger partial charge on any atom is -0.229 e. The Labute approximate surface area is 226 Å². The van der Waals surface area contributed by atoms with Gasteiger partial charge >= 0.3 is 0 Å². The highest BCUT2D eigenvalue weighted by atomic mass is 127. The average molecular weight is 895 g/mol. The van der Waals surface area contributed by atoms with Gasteiger partial charge in [-0.1, -0.05) is 0 Å². The lowest BCUT2D eigenvalue weighted by Crippen LogP contribution is -2.07. The quantitative estimate of drug-likeness (QED) is 0.234. The van der Waals surface area contributed by atoms with Gasteiger partial charge in [-0.2, -0.15) is 0 Å². The van der Waals surface area contributed by atoms with E-state index < -0.39 is 10.0 Å². The Morgan fingerprint density at radius 3 is 1.30 bits per heavy atom. The van der Waals surface area contributed by atoms with Gasteiger partial charge < -0.3 is 0 Å². The van der Waals surface area contributed by atoms with Crippen molar-refractivity contribution >= 4 is 210 Å². The summed E-state index contributed by atoms with van der Waals surface area (Å²) < 4.78 is 18.8. The predicted molar refractivity (Wildman–Crippen MR) is 201 cm³/mol. The van der Waals surface area contributed by atoms with E-state index in [-0.39, 0.29) is 39.9 Å². The van der Waals surface area contributed by atoms with Crippen molar-refractivity contribution in [1.29, 1.82) is 0 Å². The molecule has 2 N–H and O–H groups in total. The van der Waals surface area contributed by atoms with Gasteiger partial charge in [0.15, 0.2) is 0 Å². The number of sulfonamides is 1. The van der Waals surface area contributed by atoms with Crippen molar-refractivity contribution < 1.29 is 8.42 Å². The third-order valence-corrected chi connectivity index (χ3v) is 104. The van der Waals surface area contributed by atoms with Crippen LogP contribution in [0.1, 0.15) is 0 Å². The van der Waals surface area contributed by atoms with Gasteiger partial charge in [-0.25, -0.2) is 13.6 Å². The predicted octanol–water partition coefficient (Wildman–Crippen LogP) is 7.22. The van der Waals surface area contributed by atoms with E-state index in [9.17, 15) is 8.42 Å². The Balaban J connectivity index is -0.000000372. The Bertz CT molecular complexity index is 692. The number of rotatable bonds is 5. The largest absolute Gasteiger partial charge is 0.229 e. The van der Waals surface area contributed by atoms with Crippen molar-refractivity contribution in [3.63, 3.8) is 0 Å². The van der Waals surface area contributed by atoms with Gasteiger partial charge in [0.05, 0.1) is 6.26 Å². The number of halogens is 1. The Kier molecular flexibility index (Phi) is 37.5. The zero-order valence-electron chi connectivity index (χ0n) is 13.2. The molecule has 0 spiro atoms. The maximum atomic E-state index is 9.41. The van der Waals surface area contributed by atoms with Gasteiger partial charge in [-0.15, -0.1) is 62.5 Å². The van der Waals surface area contributed by atoms with Crippen LogP contribution in [0.15, 0.2) is 0 Å². The van der Waals surface area contributed by atoms with Crippen LogP contribution in [0.4, 0.5) is 0 Å². The van der Waals surface area contributed by atoms with Crippen molar-refractivity contribution in [1.82, 2.24) is 0 Å². The minimum absolute atomic E-state index is 0.0992. The number of hydrogen-bond donors (Lipinski definition) is 1. The van der Waals surface area contributed by atoms with E-state index in [2.05, 4.69) is 112 Å². The zero-order valence-corrected chi connectivity index (χ0v) is 36.1. The van der Waals surface area contributed by atoms with E-state index in [4.69, 9.17) is 0 Å². The lowest BCUT2D eigenvalue weighted by atomic mass is 12.0. The van der Waals surface area contributed by atoms with Crippen LogP contribution in [0, 0.1) is 0 Å². The fourth-order valence-corrected chi connectivity index (χ4v) is 157. The summed E-state index contributed by atoms with van der Waals surface area (Å²) in [5.41, 5.74) is 0. The van der Waals surface area contributed by atoms with E-state index in [0.717, 1.165) is 6.26 Å². The molecule has 0 heterocycles. The molecule has 9 atom stereocenters. The molecule has 0 bridgehead atoms. The van der Waals surface area contributed by atoms with Crippen LogP contribution >= 0.6 is 124 Å². The molecule has 166 valence electrons. The third-order valence-electron chi connectivity index (χ3n) is 1.11. The standard InChI is InChI=1S/CH5NO2S.H14IP13.S8/c1-5(2,3)4;1-9(13(8)10(2)3)14(11(4)5)12(6)7;1-3-5-7-8-6-4-2/h1H3,(H2,2,3,4);2-8H2;. The molecule has 0 aromatic rings. The summed E-state index contributed by atoms with van der Waals surface area (Å²) in [6, 6.07) is 0. The summed E-state index contributed by atoms with van der Waals surface area (Å²) in [6.45, 7) is 0.682. The first-order valence-electron chi connectivity index (χ1n) is 5.12. The molecule has 0 rings (SSSR count). The Hall–Kier alpha value is 7.99. The van der Waals surface area contributed by atoms with Gasteiger partial charge in [0.2, 0.25) is 10.0 Å². The minimum atomic E-state index is -3.17. The van der Waals surface area contributed by atoms with Crippen molar-refractivity contribution in [3.8, 4) is 0 Å². The number of hydrogen-bond acceptors (Lipinski definition) is 4. The summed E-state index contributed by atoms with van der Waals surface area (Å²) in [6.07, 6.45) is 0.938. The van der Waals surface area contributed by atoms with Gasteiger partial charge in [0, 0.05) is 87.6 Å². The van der Waals surface area contributed by atoms with E-state index in [0.29, 0.717) is 0 Å². The fraction of sp³-hybridized carbons (Fsp3) is 1.00. The molecule has 0 aromatic heterocycles. The van der Waals surface area contributed by atoms with Crippen molar-refractivity contribution in [3.05, 3.63) is 0 Å². The maximum absolute atomic E-state index is 9.41. The van der Waals surface area contributed by atoms with Gasteiger partial charge in [0.25, 0.3) is 0 Å². The van der Waals surface area contributed by atoms with Gasteiger partial charge in [-0.05, 0) is 50.0 Å². The molecule has 9 unspecified atom stereocenters. The number of nitrogens with two attached hydrogens (primary N) is 1. The normalized spacial score (nSPS) is 13.0. The summed E-state index contributed by atoms with van der Waals surface area (Å²) in [7, 11) is 27.2. The topological polar surface area (TPSA) is 60.2 Å². The second kappa shape index (κ2) is 25.6. The molecule has 27 heavy (non-hydrogen) atoms. The first-order valence-corrected chi connectivity index (χ1v) is 42.1. The van der Waals surface area contributed by atoms with E-state index in [1.807, 2.05) is 0 Å². The Morgan fingerprint density at radius 1 is 0.815 bits per heavy atom. The maximum Gasteiger partial charge on any atom is 0.206 e. The van der Waals surface area contributed by atoms with Gasteiger partial charge in [-0.3, -0.25) is 0 Å². The lowest BCUT2D eigenvalue weighted by Gasteiger charge is -2.34. The zero-order chi connectivity index (χ0) is 22.2. The van der Waals surface area contributed by atoms with Gasteiger partial charge in [0.1, 0.15) is 0 Å². The van der Waals surface area contributed by atoms with Crippen LogP contribution in [0.2, 0.25) is 0 Å². The van der Waals surface area contributed by atoms with Crippen LogP contribution in [0.3, 0.4) is 0 Å². The molecule has 0 saturated carbocycles. The average Bonchev–Trinajstić information content (AvgIpc) is 2.49. The molecule has 0 saturated heterocycles. The van der Waals surface area contributed by atoms with E-state index >= 15 is 0 Å². The molecule has 0 aliphatic heterocycles. The smallest absolute Gasteiger partial charge is 0.206 e. The molecule has 3 nitrogen and oxygen atoms in total. The SMILES string of the molecule is CS(N)(=O)=O.PP(P)P(P)P(I)P(P(P)P)P(P)P.S=S=S=S=S=S=S=S. The second-order valence-corrected chi connectivity index (χ2v) is 71.7. The van der Waals surface area contributed by atoms with Crippen LogP contribution < -0.4 is 5.14 Å².